The van der Waals surface area contributed by atoms with E-state index in [-0.39, 0.29) is 23.5 Å². The molecule has 3 heterocycles. The van der Waals surface area contributed by atoms with Crippen LogP contribution in [0.4, 0.5) is 0 Å². The molecule has 3 aromatic rings. The normalized spacial score (nSPS) is 10.7. The molecule has 0 aliphatic carbocycles. The van der Waals surface area contributed by atoms with Crippen molar-refractivity contribution in [3.63, 3.8) is 0 Å². The zero-order valence-corrected chi connectivity index (χ0v) is 7.06. The van der Waals surface area contributed by atoms with Crippen molar-refractivity contribution < 1.29 is 13.5 Å². The van der Waals surface area contributed by atoms with Crippen LogP contribution in [0.1, 0.15) is 0 Å². The van der Waals surface area contributed by atoms with Gasteiger partial charge in [-0.25, -0.2) is 0 Å². The van der Waals surface area contributed by atoms with Crippen molar-refractivity contribution in [1.82, 2.24) is 30.5 Å². The van der Waals surface area contributed by atoms with Crippen molar-refractivity contribution >= 4 is 0 Å². The Hall–Kier alpha value is -2.58. The van der Waals surface area contributed by atoms with E-state index in [0.717, 1.165) is 6.39 Å². The minimum absolute atomic E-state index is 0.0979. The van der Waals surface area contributed by atoms with Crippen LogP contribution in [0.25, 0.3) is 23.5 Å². The molecule has 0 fully saturated rings. The Morgan fingerprint density at radius 2 is 2.07 bits per heavy atom. The Balaban J connectivity index is 2.02. The summed E-state index contributed by atoms with van der Waals surface area (Å²) in [6.07, 6.45) is 2.39. The van der Waals surface area contributed by atoms with E-state index >= 15 is 0 Å². The summed E-state index contributed by atoms with van der Waals surface area (Å²) in [5, 5.41) is 14.1. The number of nitrogens with zero attached hydrogens (tertiary/aromatic N) is 6. The van der Waals surface area contributed by atoms with Gasteiger partial charge in [0.15, 0.2) is 6.33 Å². The van der Waals surface area contributed by atoms with Crippen LogP contribution in [0.15, 0.2) is 26.2 Å². The second-order valence-electron chi connectivity index (χ2n) is 2.41. The fraction of sp³-hybridized carbons (Fsp3) is 0. The maximum Gasteiger partial charge on any atom is 0.316 e. The summed E-state index contributed by atoms with van der Waals surface area (Å²) in [6, 6.07) is 0. The van der Waals surface area contributed by atoms with Crippen LogP contribution in [0.2, 0.25) is 0 Å². The molecule has 15 heavy (non-hydrogen) atoms. The Kier molecular flexibility index (Phi) is 1.54. The molecule has 0 bridgehead atoms. The van der Waals surface area contributed by atoms with Gasteiger partial charge in [-0.15, -0.1) is 10.2 Å². The van der Waals surface area contributed by atoms with Crippen molar-refractivity contribution in [3.05, 3.63) is 12.7 Å². The van der Waals surface area contributed by atoms with E-state index in [1.54, 1.807) is 0 Å². The minimum atomic E-state index is 0.0979. The van der Waals surface area contributed by atoms with Crippen molar-refractivity contribution in [1.29, 1.82) is 0 Å². The largest absolute Gasteiger partial charge is 0.421 e. The first-order valence-electron chi connectivity index (χ1n) is 3.81. The Morgan fingerprint density at radius 3 is 2.80 bits per heavy atom. The molecule has 0 unspecified atom stereocenters. The van der Waals surface area contributed by atoms with E-state index in [9.17, 15) is 0 Å². The van der Waals surface area contributed by atoms with Gasteiger partial charge in [-0.05, 0) is 0 Å². The van der Waals surface area contributed by atoms with E-state index < -0.39 is 0 Å². The van der Waals surface area contributed by atoms with Crippen LogP contribution in [0.5, 0.6) is 0 Å². The molecule has 0 saturated carbocycles. The predicted octanol–water partition coefficient (Wildman–Crippen LogP) is 0.170. The number of hydrogen-bond donors (Lipinski definition) is 0. The third-order valence-corrected chi connectivity index (χ3v) is 1.52. The van der Waals surface area contributed by atoms with Gasteiger partial charge in [0, 0.05) is 0 Å². The second kappa shape index (κ2) is 2.97. The van der Waals surface area contributed by atoms with Crippen LogP contribution >= 0.6 is 0 Å². The Labute approximate surface area is 81.1 Å². The average Bonchev–Trinajstić information content (AvgIpc) is 3.02. The highest BCUT2D eigenvalue weighted by Crippen LogP contribution is 2.17. The summed E-state index contributed by atoms with van der Waals surface area (Å²) in [5.41, 5.74) is 0. The topological polar surface area (TPSA) is 117 Å². The first kappa shape index (κ1) is 7.79. The third-order valence-electron chi connectivity index (χ3n) is 1.52. The van der Waals surface area contributed by atoms with Crippen LogP contribution in [0.3, 0.4) is 0 Å². The summed E-state index contributed by atoms with van der Waals surface area (Å²) < 4.78 is 14.5. The van der Waals surface area contributed by atoms with Crippen molar-refractivity contribution in [2.45, 2.75) is 0 Å². The molecule has 0 aliphatic rings. The van der Waals surface area contributed by atoms with Gasteiger partial charge in [0.2, 0.25) is 6.39 Å². The predicted molar refractivity (Wildman–Crippen MR) is 40.9 cm³/mol. The number of aromatic nitrogens is 6. The SMILES string of the molecule is c1noc(-c2nc(-c3nnco3)no2)n1. The molecule has 3 aromatic heterocycles. The monoisotopic (exact) mass is 206 g/mol. The standard InChI is InChI=1S/C6H2N6O3/c1-7-5(14-9-1)6-10-3(12-15-6)4-11-8-2-13-4/h1-2H. The third kappa shape index (κ3) is 1.25. The molecular formula is C6H2N6O3. The average molecular weight is 206 g/mol. The quantitative estimate of drug-likeness (QED) is 0.577. The number of hydrogen-bond acceptors (Lipinski definition) is 9. The van der Waals surface area contributed by atoms with Crippen LogP contribution < -0.4 is 0 Å². The van der Waals surface area contributed by atoms with E-state index in [1.165, 1.54) is 6.33 Å². The molecule has 0 spiro atoms. The lowest BCUT2D eigenvalue weighted by molar-refractivity contribution is 0.381. The van der Waals surface area contributed by atoms with E-state index in [1.807, 2.05) is 0 Å². The zero-order chi connectivity index (χ0) is 10.1. The number of rotatable bonds is 2. The first-order chi connectivity index (χ1) is 7.43. The molecule has 0 aliphatic heterocycles. The molecule has 0 N–H and O–H groups in total. The molecule has 0 saturated heterocycles. The highest BCUT2D eigenvalue weighted by Gasteiger charge is 2.17. The fourth-order valence-corrected chi connectivity index (χ4v) is 0.935. The van der Waals surface area contributed by atoms with E-state index in [2.05, 4.69) is 30.5 Å². The van der Waals surface area contributed by atoms with Gasteiger partial charge < -0.3 is 13.5 Å². The van der Waals surface area contributed by atoms with Gasteiger partial charge in [-0.3, -0.25) is 0 Å². The highest BCUT2D eigenvalue weighted by molar-refractivity contribution is 5.44. The molecule has 0 aromatic carbocycles. The molecule has 0 amide bonds. The smallest absolute Gasteiger partial charge is 0.316 e. The van der Waals surface area contributed by atoms with E-state index in [0.29, 0.717) is 0 Å². The first-order valence-corrected chi connectivity index (χ1v) is 3.81. The molecule has 9 heteroatoms. The molecule has 3 rings (SSSR count). The summed E-state index contributed by atoms with van der Waals surface area (Å²) in [5.74, 6) is 0.555. The molecule has 0 atom stereocenters. The van der Waals surface area contributed by atoms with Crippen molar-refractivity contribution in [2.24, 2.45) is 0 Å². The summed E-state index contributed by atoms with van der Waals surface area (Å²) in [4.78, 5) is 7.67. The van der Waals surface area contributed by atoms with Crippen LogP contribution in [-0.4, -0.2) is 30.5 Å². The summed E-state index contributed by atoms with van der Waals surface area (Å²) in [7, 11) is 0. The van der Waals surface area contributed by atoms with Crippen LogP contribution in [-0.2, 0) is 0 Å². The second-order valence-corrected chi connectivity index (χ2v) is 2.41. The van der Waals surface area contributed by atoms with E-state index in [4.69, 9.17) is 13.5 Å². The van der Waals surface area contributed by atoms with Gasteiger partial charge >= 0.3 is 11.8 Å². The minimum Gasteiger partial charge on any atom is -0.421 e. The lowest BCUT2D eigenvalue weighted by Gasteiger charge is -1.79. The fourth-order valence-electron chi connectivity index (χ4n) is 0.935. The Bertz CT molecular complexity index is 492. The van der Waals surface area contributed by atoms with Crippen molar-refractivity contribution in [3.8, 4) is 23.5 Å². The Morgan fingerprint density at radius 1 is 1.07 bits per heavy atom. The van der Waals surface area contributed by atoms with Gasteiger partial charge in [-0.1, -0.05) is 10.3 Å². The molecule has 9 nitrogen and oxygen atoms in total. The summed E-state index contributed by atoms with van der Waals surface area (Å²) >= 11 is 0. The van der Waals surface area contributed by atoms with Crippen molar-refractivity contribution in [2.75, 3.05) is 0 Å². The molecule has 74 valence electrons. The van der Waals surface area contributed by atoms with Gasteiger partial charge in [0.25, 0.3) is 11.7 Å². The molecule has 0 radical (unpaired) electrons. The van der Waals surface area contributed by atoms with Gasteiger partial charge in [0.1, 0.15) is 0 Å². The van der Waals surface area contributed by atoms with Gasteiger partial charge in [0.05, 0.1) is 0 Å². The maximum atomic E-state index is 4.88. The molecular weight excluding hydrogens is 204 g/mol. The lowest BCUT2D eigenvalue weighted by Crippen LogP contribution is -1.81. The van der Waals surface area contributed by atoms with Gasteiger partial charge in [-0.2, -0.15) is 9.97 Å². The maximum absolute atomic E-state index is 4.88. The summed E-state index contributed by atoms with van der Waals surface area (Å²) in [6.45, 7) is 0. The van der Waals surface area contributed by atoms with Crippen LogP contribution in [0, 0.1) is 0 Å². The zero-order valence-electron chi connectivity index (χ0n) is 7.06. The highest BCUT2D eigenvalue weighted by atomic mass is 16.5. The lowest BCUT2D eigenvalue weighted by atomic mass is 10.6.